The maximum absolute atomic E-state index is 13.9. The number of H-pyrrole nitrogens is 1. The molecule has 9 heterocycles. The monoisotopic (exact) mass is 1230 g/mol. The number of imidazole rings is 3. The van der Waals surface area contributed by atoms with Crippen molar-refractivity contribution in [3.63, 3.8) is 0 Å². The van der Waals surface area contributed by atoms with Gasteiger partial charge >= 0.3 is 5.65 Å². The van der Waals surface area contributed by atoms with Crippen molar-refractivity contribution < 1.29 is 114 Å². The maximum Gasteiger partial charge on any atom is 0.309 e. The van der Waals surface area contributed by atoms with E-state index in [1.807, 2.05) is 31.2 Å². The van der Waals surface area contributed by atoms with Crippen LogP contribution in [-0.2, 0) is 77.5 Å². The number of benzene rings is 1. The fourth-order valence-electron chi connectivity index (χ4n) is 9.14. The molecule has 0 saturated carbocycles. The van der Waals surface area contributed by atoms with E-state index in [-0.39, 0.29) is 51.8 Å². The predicted octanol–water partition coefficient (Wildman–Crippen LogP) is -5.16. The molecule has 8 unspecified atom stereocenters. The molecular formula is C39H45N15O24P4-4. The van der Waals surface area contributed by atoms with Gasteiger partial charge in [-0.05, 0) is 12.5 Å². The van der Waals surface area contributed by atoms with Crippen LogP contribution < -0.4 is 51.6 Å². The van der Waals surface area contributed by atoms with Gasteiger partial charge in [0.05, 0.1) is 32.9 Å². The van der Waals surface area contributed by atoms with Crippen LogP contribution in [0.2, 0.25) is 0 Å². The molecule has 0 radical (unpaired) electrons. The number of aryl methyl sites for hydroxylation is 2. The summed E-state index contributed by atoms with van der Waals surface area (Å²) in [4.78, 5) is 95.6. The quantitative estimate of drug-likeness (QED) is 0.0246. The Morgan fingerprint density at radius 1 is 0.780 bits per heavy atom. The molecule has 3 saturated heterocycles. The first-order chi connectivity index (χ1) is 38.6. The Labute approximate surface area is 457 Å². The number of ether oxygens (including phenoxy) is 4. The number of nitrogens with two attached hydrogens (primary N) is 2. The van der Waals surface area contributed by atoms with Gasteiger partial charge in [0.15, 0.2) is 58.7 Å². The summed E-state index contributed by atoms with van der Waals surface area (Å²) >= 11 is 0. The molecule has 6 aromatic heterocycles. The average Bonchev–Trinajstić information content (AvgIpc) is 2.88. The summed E-state index contributed by atoms with van der Waals surface area (Å²) in [6.07, 6.45) is -18.3. The molecule has 1 aromatic carbocycles. The Kier molecular flexibility index (Phi) is 16.3. The van der Waals surface area contributed by atoms with Crippen LogP contribution in [0.25, 0.3) is 33.5 Å². The number of aliphatic hydroxyl groups excluding tert-OH is 4. The van der Waals surface area contributed by atoms with Gasteiger partial charge in [0.1, 0.15) is 55.2 Å². The molecule has 0 bridgehead atoms. The second-order valence-corrected chi connectivity index (χ2v) is 24.1. The highest BCUT2D eigenvalue weighted by atomic mass is 31.3. The summed E-state index contributed by atoms with van der Waals surface area (Å²) in [6.45, 7) is -0.545. The molecule has 0 aliphatic carbocycles. The van der Waals surface area contributed by atoms with Crippen molar-refractivity contribution in [3.8, 4) is 5.88 Å². The normalized spacial score (nSPS) is 28.8. The highest BCUT2D eigenvalue weighted by Gasteiger charge is 2.52. The second-order valence-electron chi connectivity index (χ2n) is 18.3. The van der Waals surface area contributed by atoms with Crippen LogP contribution in [0.4, 0.5) is 17.7 Å². The van der Waals surface area contributed by atoms with Gasteiger partial charge in [0.25, 0.3) is 42.8 Å². The molecule has 3 aliphatic heterocycles. The molecule has 39 nitrogen and oxygen atoms in total. The van der Waals surface area contributed by atoms with Gasteiger partial charge in [-0.3, -0.25) is 46.3 Å². The van der Waals surface area contributed by atoms with E-state index in [1.165, 1.54) is 22.5 Å². The topological polar surface area (TPSA) is 563 Å². The van der Waals surface area contributed by atoms with E-state index in [9.17, 15) is 68.2 Å². The maximum atomic E-state index is 13.9. The molecule has 82 heavy (non-hydrogen) atoms. The number of nitrogens with one attached hydrogen (secondary N) is 2. The molecule has 0 amide bonds. The number of phosphoric acid groups is 4. The standard InChI is InChI=1S/C39H49N15O24P4/c1-15-5-4-6-16(7-15)8-42-28-19-29(44-11-43-28)52(12-45-19)36-27(69-3)26(75-81(65,66)76-37-25(58)24(57)34(74-37)53-13-46-20-30(53)47-38(40)49-32(20)59)18(73-36)10-71-80(63,64)78-82(67,68)77-79(61,62)70-9-17-22(55)23(56)35(72-17)54-14-51(2)21-31(54)48-39(41)50-33(21)60/h4-7,11-14,17-18,22-27,34-37,55-58H,8-10H2,1-3H3,(H10-,40,41,42,43,44,47,48,49,50,59,60,61,62,63,64,65,66,67,68)/p-4/t17-,18-,22?,23?,24?,25-,26+,27?,34-,35-,36-,37-/m1/s1. The zero-order chi connectivity index (χ0) is 59.0. The van der Waals surface area contributed by atoms with Crippen molar-refractivity contribution in [2.45, 2.75) is 87.3 Å². The first-order valence-electron chi connectivity index (χ1n) is 23.6. The summed E-state index contributed by atoms with van der Waals surface area (Å²) in [5.41, 5.74) is 11.7. The Hall–Kier alpha value is -5.93. The Balaban J connectivity index is 0.844. The molecule has 43 heteroatoms. The second kappa shape index (κ2) is 22.6. The fourth-order valence-corrected chi connectivity index (χ4v) is 13.6. The van der Waals surface area contributed by atoms with Crippen molar-refractivity contribution in [2.75, 3.05) is 37.1 Å². The van der Waals surface area contributed by atoms with Crippen LogP contribution in [0, 0.1) is 6.92 Å². The SMILES string of the molecule is COC1[C@@H](OP(=O)([O-])O[C@H]2O[C@@H](n3cnc4c(=O)[nH]c(N)nc43)C(O)[C@H]2O)[C@@H](COP(=O)([O-])OP(=O)([O-])OP(=O)([O-])OC[C@H]2O[C@@H]([n+]3cn(C)c4c([O-])nc(N)nc43)C(O)C2O)O[C@H]1n1cnc2c(NCc3cccc(C)c3)ncnc21. The zero-order valence-electron chi connectivity index (χ0n) is 42.0. The number of nitrogen functional groups attached to an aromatic ring is 2. The third-order valence-electron chi connectivity index (χ3n) is 12.7. The minimum Gasteiger partial charge on any atom is -0.856 e. The summed E-state index contributed by atoms with van der Waals surface area (Å²) in [6, 6.07) is 7.52. The van der Waals surface area contributed by atoms with Crippen LogP contribution in [-0.4, -0.2) is 149 Å². The van der Waals surface area contributed by atoms with E-state index in [0.29, 0.717) is 0 Å². The van der Waals surface area contributed by atoms with E-state index in [0.717, 1.165) is 46.4 Å². The van der Waals surface area contributed by atoms with Crippen LogP contribution in [0.3, 0.4) is 0 Å². The van der Waals surface area contributed by atoms with Crippen molar-refractivity contribution in [3.05, 3.63) is 71.1 Å². The number of phosphoric ester groups is 3. The lowest BCUT2D eigenvalue weighted by Crippen LogP contribution is -2.46. The fraction of sp³-hybridized carbons (Fsp3) is 0.462. The number of aromatic amines is 1. The van der Waals surface area contributed by atoms with Crippen molar-refractivity contribution in [2.24, 2.45) is 7.05 Å². The van der Waals surface area contributed by atoms with Crippen molar-refractivity contribution >= 4 is 82.5 Å². The van der Waals surface area contributed by atoms with Gasteiger partial charge in [0, 0.05) is 19.5 Å². The van der Waals surface area contributed by atoms with Crippen LogP contribution in [0.5, 0.6) is 5.88 Å². The van der Waals surface area contributed by atoms with Crippen molar-refractivity contribution in [1.82, 2.24) is 53.6 Å². The smallest absolute Gasteiger partial charge is 0.309 e. The van der Waals surface area contributed by atoms with E-state index < -0.39 is 136 Å². The number of hydrogen-bond donors (Lipinski definition) is 8. The van der Waals surface area contributed by atoms with E-state index in [4.69, 9.17) is 44.0 Å². The van der Waals surface area contributed by atoms with Gasteiger partial charge in [-0.2, -0.15) is 4.98 Å². The molecule has 10 rings (SSSR count). The third kappa shape index (κ3) is 12.1. The van der Waals surface area contributed by atoms with E-state index in [1.54, 1.807) is 0 Å². The van der Waals surface area contributed by atoms with E-state index in [2.05, 4.69) is 58.3 Å². The first kappa shape index (κ1) is 59.2. The van der Waals surface area contributed by atoms with Crippen molar-refractivity contribution in [1.29, 1.82) is 0 Å². The predicted molar refractivity (Wildman–Crippen MR) is 256 cm³/mol. The number of aliphatic hydroxyl groups is 4. The number of hydrogen-bond acceptors (Lipinski definition) is 34. The van der Waals surface area contributed by atoms with Crippen LogP contribution >= 0.6 is 31.3 Å². The number of anilines is 3. The Bertz CT molecular complexity index is 3820. The average molecular weight is 1230 g/mol. The zero-order valence-corrected chi connectivity index (χ0v) is 45.6. The number of fused-ring (bicyclic) bond motifs is 3. The summed E-state index contributed by atoms with van der Waals surface area (Å²) in [5, 5.41) is 59.0. The van der Waals surface area contributed by atoms with E-state index >= 15 is 0 Å². The lowest BCUT2D eigenvalue weighted by Gasteiger charge is -2.35. The molecule has 3 aliphatic rings. The van der Waals surface area contributed by atoms with Gasteiger partial charge in [-0.15, -0.1) is 0 Å². The lowest BCUT2D eigenvalue weighted by molar-refractivity contribution is -0.745. The first-order valence-corrected chi connectivity index (χ1v) is 29.4. The van der Waals surface area contributed by atoms with Gasteiger partial charge < -0.3 is 94.4 Å². The van der Waals surface area contributed by atoms with Crippen LogP contribution in [0.1, 0.15) is 29.8 Å². The third-order valence-corrected chi connectivity index (χ3v) is 17.8. The highest BCUT2D eigenvalue weighted by Crippen LogP contribution is 2.63. The lowest BCUT2D eigenvalue weighted by atomic mass is 10.1. The molecule has 444 valence electrons. The number of nitrogens with zero attached hydrogens (tertiary/aromatic N) is 11. The summed E-state index contributed by atoms with van der Waals surface area (Å²) in [5.74, 6) is -1.44. The summed E-state index contributed by atoms with van der Waals surface area (Å²) < 4.78 is 108. The van der Waals surface area contributed by atoms with Gasteiger partial charge in [-0.1, -0.05) is 34.8 Å². The van der Waals surface area contributed by atoms with Gasteiger partial charge in [0.2, 0.25) is 12.2 Å². The Morgan fingerprint density at radius 2 is 1.46 bits per heavy atom. The molecule has 0 spiro atoms. The minimum absolute atomic E-state index is 0.0169. The highest BCUT2D eigenvalue weighted by molar-refractivity contribution is 7.65. The number of rotatable bonds is 21. The molecule has 7 aromatic rings. The largest absolute Gasteiger partial charge is 0.856 e. The van der Waals surface area contributed by atoms with Crippen LogP contribution in [0.15, 0.2) is 54.4 Å². The summed E-state index contributed by atoms with van der Waals surface area (Å²) in [7, 11) is -22.7. The number of methoxy groups -OCH3 is 1. The molecule has 3 fully saturated rings. The molecular weight excluding hydrogens is 1190 g/mol. The minimum atomic E-state index is -6.63. The molecule has 16 atom stereocenters. The Morgan fingerprint density at radius 3 is 2.16 bits per heavy atom. The van der Waals surface area contributed by atoms with Gasteiger partial charge in [-0.25, -0.2) is 38.1 Å². The number of aromatic nitrogens is 12. The molecule has 10 N–H and O–H groups in total.